The SMILES string of the molecule is c1cncc(CN(CCCn2ccnc2)Cc2cnc3ccccc3c2)c1. The molecule has 1 aromatic carbocycles. The lowest BCUT2D eigenvalue weighted by Gasteiger charge is -2.22. The number of rotatable bonds is 8. The van der Waals surface area contributed by atoms with Gasteiger partial charge in [-0.25, -0.2) is 4.98 Å². The van der Waals surface area contributed by atoms with Crippen LogP contribution in [0.5, 0.6) is 0 Å². The zero-order chi connectivity index (χ0) is 18.3. The Kier molecular flexibility index (Phi) is 5.50. The predicted molar refractivity (Wildman–Crippen MR) is 107 cm³/mol. The van der Waals surface area contributed by atoms with Gasteiger partial charge in [-0.3, -0.25) is 14.9 Å². The van der Waals surface area contributed by atoms with Crippen LogP contribution in [0.3, 0.4) is 0 Å². The molecule has 4 aromatic rings. The summed E-state index contributed by atoms with van der Waals surface area (Å²) in [6, 6.07) is 14.6. The van der Waals surface area contributed by atoms with Gasteiger partial charge in [-0.15, -0.1) is 0 Å². The first kappa shape index (κ1) is 17.4. The highest BCUT2D eigenvalue weighted by atomic mass is 15.1. The molecule has 0 aliphatic carbocycles. The lowest BCUT2D eigenvalue weighted by molar-refractivity contribution is 0.248. The second-order valence-electron chi connectivity index (χ2n) is 6.76. The Balaban J connectivity index is 1.46. The fourth-order valence-corrected chi connectivity index (χ4v) is 3.32. The first-order valence-corrected chi connectivity index (χ1v) is 9.27. The molecule has 0 atom stereocenters. The maximum absolute atomic E-state index is 4.61. The first-order valence-electron chi connectivity index (χ1n) is 9.27. The van der Waals surface area contributed by atoms with Crippen molar-refractivity contribution < 1.29 is 0 Å². The third-order valence-corrected chi connectivity index (χ3v) is 4.63. The van der Waals surface area contributed by atoms with Crippen molar-refractivity contribution in [2.45, 2.75) is 26.1 Å². The summed E-state index contributed by atoms with van der Waals surface area (Å²) in [5, 5.41) is 1.19. The van der Waals surface area contributed by atoms with Gasteiger partial charge in [0, 0.05) is 62.5 Å². The number of pyridine rings is 2. The maximum atomic E-state index is 4.61. The molecule has 5 heteroatoms. The van der Waals surface area contributed by atoms with Crippen molar-refractivity contribution in [2.75, 3.05) is 6.54 Å². The van der Waals surface area contributed by atoms with Crippen LogP contribution in [-0.4, -0.2) is 31.0 Å². The molecule has 136 valence electrons. The summed E-state index contributed by atoms with van der Waals surface area (Å²) < 4.78 is 2.12. The Morgan fingerprint density at radius 3 is 2.67 bits per heavy atom. The van der Waals surface area contributed by atoms with Crippen LogP contribution >= 0.6 is 0 Å². The Hall–Kier alpha value is -3.05. The van der Waals surface area contributed by atoms with E-state index < -0.39 is 0 Å². The van der Waals surface area contributed by atoms with Gasteiger partial charge in [0.1, 0.15) is 0 Å². The number of aryl methyl sites for hydroxylation is 1. The molecule has 0 bridgehead atoms. The minimum Gasteiger partial charge on any atom is -0.337 e. The van der Waals surface area contributed by atoms with E-state index in [9.17, 15) is 0 Å². The van der Waals surface area contributed by atoms with Gasteiger partial charge < -0.3 is 4.57 Å². The molecular formula is C22H23N5. The topological polar surface area (TPSA) is 46.8 Å². The highest BCUT2D eigenvalue weighted by Crippen LogP contribution is 2.16. The molecular weight excluding hydrogens is 334 g/mol. The van der Waals surface area contributed by atoms with Gasteiger partial charge in [-0.2, -0.15) is 0 Å². The van der Waals surface area contributed by atoms with Gasteiger partial charge in [0.15, 0.2) is 0 Å². The summed E-state index contributed by atoms with van der Waals surface area (Å²) >= 11 is 0. The van der Waals surface area contributed by atoms with Crippen molar-refractivity contribution in [1.82, 2.24) is 24.4 Å². The predicted octanol–water partition coefficient (Wildman–Crippen LogP) is 3.92. The van der Waals surface area contributed by atoms with Crippen molar-refractivity contribution in [1.29, 1.82) is 0 Å². The summed E-state index contributed by atoms with van der Waals surface area (Å²) in [4.78, 5) is 15.4. The van der Waals surface area contributed by atoms with Gasteiger partial charge in [0.05, 0.1) is 11.8 Å². The van der Waals surface area contributed by atoms with Crippen LogP contribution in [0.2, 0.25) is 0 Å². The van der Waals surface area contributed by atoms with Crippen LogP contribution in [0, 0.1) is 0 Å². The van der Waals surface area contributed by atoms with Gasteiger partial charge >= 0.3 is 0 Å². The van der Waals surface area contributed by atoms with E-state index in [1.54, 1.807) is 0 Å². The van der Waals surface area contributed by atoms with Gasteiger partial charge in [-0.05, 0) is 35.7 Å². The molecule has 3 aromatic heterocycles. The monoisotopic (exact) mass is 357 g/mol. The highest BCUT2D eigenvalue weighted by molar-refractivity contribution is 5.78. The average molecular weight is 357 g/mol. The van der Waals surface area contributed by atoms with Gasteiger partial charge in [-0.1, -0.05) is 24.3 Å². The van der Waals surface area contributed by atoms with E-state index in [1.807, 2.05) is 49.4 Å². The van der Waals surface area contributed by atoms with Crippen LogP contribution in [0.1, 0.15) is 17.5 Å². The third-order valence-electron chi connectivity index (χ3n) is 4.63. The molecule has 3 heterocycles. The Labute approximate surface area is 159 Å². The van der Waals surface area contributed by atoms with E-state index in [0.29, 0.717) is 0 Å². The molecule has 0 amide bonds. The Morgan fingerprint density at radius 2 is 1.81 bits per heavy atom. The molecule has 0 radical (unpaired) electrons. The van der Waals surface area contributed by atoms with Crippen molar-refractivity contribution in [3.63, 3.8) is 0 Å². The second kappa shape index (κ2) is 8.56. The largest absolute Gasteiger partial charge is 0.337 e. The van der Waals surface area contributed by atoms with Crippen LogP contribution in [-0.2, 0) is 19.6 Å². The quantitative estimate of drug-likeness (QED) is 0.479. The summed E-state index contributed by atoms with van der Waals surface area (Å²) in [5.41, 5.74) is 3.51. The number of fused-ring (bicyclic) bond motifs is 1. The fourth-order valence-electron chi connectivity index (χ4n) is 3.32. The van der Waals surface area contributed by atoms with E-state index in [-0.39, 0.29) is 0 Å². The average Bonchev–Trinajstić information content (AvgIpc) is 3.22. The molecule has 5 nitrogen and oxygen atoms in total. The number of aromatic nitrogens is 4. The van der Waals surface area contributed by atoms with E-state index in [1.165, 1.54) is 16.5 Å². The van der Waals surface area contributed by atoms with E-state index in [2.05, 4.69) is 54.8 Å². The zero-order valence-electron chi connectivity index (χ0n) is 15.3. The molecule has 0 unspecified atom stereocenters. The number of nitrogens with zero attached hydrogens (tertiary/aromatic N) is 5. The molecule has 0 aliphatic heterocycles. The number of benzene rings is 1. The van der Waals surface area contributed by atoms with Gasteiger partial charge in [0.25, 0.3) is 0 Å². The molecule has 0 saturated carbocycles. The van der Waals surface area contributed by atoms with E-state index in [4.69, 9.17) is 0 Å². The molecule has 0 N–H and O–H groups in total. The zero-order valence-corrected chi connectivity index (χ0v) is 15.3. The molecule has 0 aliphatic rings. The van der Waals surface area contributed by atoms with Crippen LogP contribution in [0.4, 0.5) is 0 Å². The van der Waals surface area contributed by atoms with Crippen LogP contribution < -0.4 is 0 Å². The number of hydrogen-bond acceptors (Lipinski definition) is 4. The van der Waals surface area contributed by atoms with Gasteiger partial charge in [0.2, 0.25) is 0 Å². The van der Waals surface area contributed by atoms with E-state index >= 15 is 0 Å². The lowest BCUT2D eigenvalue weighted by atomic mass is 10.1. The Bertz CT molecular complexity index is 966. The highest BCUT2D eigenvalue weighted by Gasteiger charge is 2.09. The lowest BCUT2D eigenvalue weighted by Crippen LogP contribution is -2.25. The minimum atomic E-state index is 0.872. The number of hydrogen-bond donors (Lipinski definition) is 0. The van der Waals surface area contributed by atoms with Crippen molar-refractivity contribution in [2.24, 2.45) is 0 Å². The van der Waals surface area contributed by atoms with Crippen molar-refractivity contribution in [3.8, 4) is 0 Å². The summed E-state index contributed by atoms with van der Waals surface area (Å²) in [5.74, 6) is 0. The van der Waals surface area contributed by atoms with Crippen LogP contribution in [0.15, 0.2) is 79.8 Å². The molecule has 0 spiro atoms. The van der Waals surface area contributed by atoms with Crippen molar-refractivity contribution in [3.05, 3.63) is 90.9 Å². The maximum Gasteiger partial charge on any atom is 0.0945 e. The van der Waals surface area contributed by atoms with Crippen LogP contribution in [0.25, 0.3) is 10.9 Å². The first-order chi connectivity index (χ1) is 13.4. The molecule has 4 rings (SSSR count). The summed E-state index contributed by atoms with van der Waals surface area (Å²) in [7, 11) is 0. The molecule has 0 saturated heterocycles. The second-order valence-corrected chi connectivity index (χ2v) is 6.76. The number of para-hydroxylation sites is 1. The normalized spacial score (nSPS) is 11.3. The van der Waals surface area contributed by atoms with Crippen molar-refractivity contribution >= 4 is 10.9 Å². The third kappa shape index (κ3) is 4.77. The Morgan fingerprint density at radius 1 is 0.889 bits per heavy atom. The summed E-state index contributed by atoms with van der Waals surface area (Å²) in [6.07, 6.45) is 12.5. The smallest absolute Gasteiger partial charge is 0.0945 e. The van der Waals surface area contributed by atoms with E-state index in [0.717, 1.165) is 38.1 Å². The molecule has 0 fully saturated rings. The minimum absolute atomic E-state index is 0.872. The molecule has 27 heavy (non-hydrogen) atoms. The fraction of sp³-hybridized carbons (Fsp3) is 0.227. The standard InChI is InChI=1S/C22H23N5/c1-2-7-22-21(6-1)13-20(15-25-22)17-27(16-19-5-3-8-23-14-19)11-4-10-26-12-9-24-18-26/h1-3,5-9,12-15,18H,4,10-11,16-17H2. The number of imidazole rings is 1. The summed E-state index contributed by atoms with van der Waals surface area (Å²) in [6.45, 7) is 3.72.